The fourth-order valence-corrected chi connectivity index (χ4v) is 3.86. The van der Waals surface area contributed by atoms with Crippen molar-refractivity contribution in [1.82, 2.24) is 9.80 Å². The van der Waals surface area contributed by atoms with Crippen molar-refractivity contribution in [1.29, 1.82) is 0 Å². The van der Waals surface area contributed by atoms with Gasteiger partial charge in [0.1, 0.15) is 6.61 Å². The molecule has 1 aromatic rings. The first kappa shape index (κ1) is 17.1. The number of hydrogen-bond donors (Lipinski definition) is 0. The lowest BCUT2D eigenvalue weighted by Crippen LogP contribution is -2.54. The van der Waals surface area contributed by atoms with Crippen LogP contribution in [0.4, 0.5) is 0 Å². The number of rotatable bonds is 6. The van der Waals surface area contributed by atoms with Gasteiger partial charge in [0, 0.05) is 31.7 Å². The molecule has 4 heteroatoms. The van der Waals surface area contributed by atoms with Gasteiger partial charge in [0.15, 0.2) is 11.5 Å². The van der Waals surface area contributed by atoms with Gasteiger partial charge in [-0.1, -0.05) is 12.0 Å². The monoisotopic (exact) mass is 328 g/mol. The SMILES string of the molecule is C#CCOc1ccc(CN2C[C@@H]3CCCN3C[C@@H]2C)cc1OCC. The molecule has 0 aromatic heterocycles. The maximum absolute atomic E-state index is 5.74. The van der Waals surface area contributed by atoms with Crippen LogP contribution < -0.4 is 9.47 Å². The molecule has 2 aliphatic rings. The topological polar surface area (TPSA) is 24.9 Å². The lowest BCUT2D eigenvalue weighted by atomic mass is 10.1. The minimum absolute atomic E-state index is 0.264. The zero-order valence-corrected chi connectivity index (χ0v) is 14.8. The van der Waals surface area contributed by atoms with Crippen molar-refractivity contribution in [3.8, 4) is 23.8 Å². The van der Waals surface area contributed by atoms with Crippen LogP contribution in [0.2, 0.25) is 0 Å². The van der Waals surface area contributed by atoms with Gasteiger partial charge in [-0.2, -0.15) is 0 Å². The molecule has 0 N–H and O–H groups in total. The van der Waals surface area contributed by atoms with E-state index in [4.69, 9.17) is 15.9 Å². The highest BCUT2D eigenvalue weighted by molar-refractivity contribution is 5.43. The summed E-state index contributed by atoms with van der Waals surface area (Å²) >= 11 is 0. The van der Waals surface area contributed by atoms with Crippen LogP contribution in [0.15, 0.2) is 18.2 Å². The molecule has 2 heterocycles. The van der Waals surface area contributed by atoms with Crippen LogP contribution in [-0.4, -0.2) is 54.7 Å². The van der Waals surface area contributed by atoms with E-state index in [1.807, 2.05) is 13.0 Å². The Morgan fingerprint density at radius 2 is 2.12 bits per heavy atom. The van der Waals surface area contributed by atoms with Crippen LogP contribution in [0.3, 0.4) is 0 Å². The number of piperazine rings is 1. The Hall–Kier alpha value is -1.70. The third-order valence-electron chi connectivity index (χ3n) is 5.07. The average Bonchev–Trinajstić information content (AvgIpc) is 3.02. The van der Waals surface area contributed by atoms with E-state index in [1.54, 1.807) is 0 Å². The second kappa shape index (κ2) is 7.92. The van der Waals surface area contributed by atoms with E-state index in [1.165, 1.54) is 38.0 Å². The Morgan fingerprint density at radius 1 is 1.25 bits per heavy atom. The van der Waals surface area contributed by atoms with Gasteiger partial charge < -0.3 is 9.47 Å². The Bertz CT molecular complexity index is 596. The Labute approximate surface area is 145 Å². The van der Waals surface area contributed by atoms with Crippen molar-refractivity contribution < 1.29 is 9.47 Å². The van der Waals surface area contributed by atoms with Crippen molar-refractivity contribution in [3.63, 3.8) is 0 Å². The van der Waals surface area contributed by atoms with Gasteiger partial charge in [-0.15, -0.1) is 6.42 Å². The van der Waals surface area contributed by atoms with Gasteiger partial charge in [-0.3, -0.25) is 9.80 Å². The molecule has 0 aliphatic carbocycles. The molecule has 1 aromatic carbocycles. The van der Waals surface area contributed by atoms with Crippen LogP contribution in [0.5, 0.6) is 11.5 Å². The van der Waals surface area contributed by atoms with Crippen LogP contribution >= 0.6 is 0 Å². The second-order valence-electron chi connectivity index (χ2n) is 6.78. The fraction of sp³-hybridized carbons (Fsp3) is 0.600. The van der Waals surface area contributed by atoms with Gasteiger partial charge in [0.2, 0.25) is 0 Å². The van der Waals surface area contributed by atoms with Crippen molar-refractivity contribution in [3.05, 3.63) is 23.8 Å². The summed E-state index contributed by atoms with van der Waals surface area (Å²) in [7, 11) is 0. The summed E-state index contributed by atoms with van der Waals surface area (Å²) in [6.07, 6.45) is 7.97. The molecule has 2 saturated heterocycles. The smallest absolute Gasteiger partial charge is 0.162 e. The maximum Gasteiger partial charge on any atom is 0.162 e. The first-order chi connectivity index (χ1) is 11.7. The molecule has 0 unspecified atom stereocenters. The van der Waals surface area contributed by atoms with Crippen LogP contribution in [0.1, 0.15) is 32.3 Å². The van der Waals surface area contributed by atoms with E-state index < -0.39 is 0 Å². The lowest BCUT2D eigenvalue weighted by Gasteiger charge is -2.42. The minimum Gasteiger partial charge on any atom is -0.490 e. The summed E-state index contributed by atoms with van der Waals surface area (Å²) in [5.74, 6) is 4.02. The number of benzene rings is 1. The van der Waals surface area contributed by atoms with Gasteiger partial charge in [-0.25, -0.2) is 0 Å². The molecule has 0 radical (unpaired) electrons. The highest BCUT2D eigenvalue weighted by Crippen LogP contribution is 2.30. The Kier molecular flexibility index (Phi) is 5.65. The van der Waals surface area contributed by atoms with Gasteiger partial charge in [0.25, 0.3) is 0 Å². The highest BCUT2D eigenvalue weighted by atomic mass is 16.5. The van der Waals surface area contributed by atoms with E-state index in [9.17, 15) is 0 Å². The zero-order chi connectivity index (χ0) is 16.9. The number of ether oxygens (including phenoxy) is 2. The number of fused-ring (bicyclic) bond motifs is 1. The summed E-state index contributed by atoms with van der Waals surface area (Å²) in [5.41, 5.74) is 1.27. The number of hydrogen-bond acceptors (Lipinski definition) is 4. The van der Waals surface area contributed by atoms with E-state index in [0.717, 1.165) is 24.1 Å². The molecule has 3 rings (SSSR count). The molecule has 4 nitrogen and oxygen atoms in total. The Balaban J connectivity index is 1.70. The predicted octanol–water partition coefficient (Wildman–Crippen LogP) is 2.77. The van der Waals surface area contributed by atoms with Gasteiger partial charge >= 0.3 is 0 Å². The summed E-state index contributed by atoms with van der Waals surface area (Å²) < 4.78 is 11.3. The lowest BCUT2D eigenvalue weighted by molar-refractivity contribution is 0.0540. The number of terminal acetylenes is 1. The summed E-state index contributed by atoms with van der Waals surface area (Å²) in [4.78, 5) is 5.25. The normalized spacial score (nSPS) is 24.4. The van der Waals surface area contributed by atoms with Crippen molar-refractivity contribution in [2.45, 2.75) is 45.3 Å². The number of nitrogens with zero attached hydrogens (tertiary/aromatic N) is 2. The molecule has 24 heavy (non-hydrogen) atoms. The molecule has 0 spiro atoms. The zero-order valence-electron chi connectivity index (χ0n) is 14.8. The largest absolute Gasteiger partial charge is 0.490 e. The molecule has 2 aliphatic heterocycles. The molecular formula is C20H28N2O2. The fourth-order valence-electron chi connectivity index (χ4n) is 3.86. The third-order valence-corrected chi connectivity index (χ3v) is 5.07. The average molecular weight is 328 g/mol. The predicted molar refractivity (Wildman–Crippen MR) is 96.4 cm³/mol. The van der Waals surface area contributed by atoms with Gasteiger partial charge in [0.05, 0.1) is 6.61 Å². The third kappa shape index (κ3) is 3.85. The molecule has 2 fully saturated rings. The molecular weight excluding hydrogens is 300 g/mol. The van der Waals surface area contributed by atoms with Crippen molar-refractivity contribution in [2.24, 2.45) is 0 Å². The minimum atomic E-state index is 0.264. The molecule has 0 bridgehead atoms. The summed E-state index contributed by atoms with van der Waals surface area (Å²) in [6.45, 7) is 9.79. The van der Waals surface area contributed by atoms with Crippen LogP contribution in [0.25, 0.3) is 0 Å². The van der Waals surface area contributed by atoms with E-state index in [-0.39, 0.29) is 6.61 Å². The standard InChI is InChI=1S/C20H28N2O2/c1-4-11-24-19-9-8-17(12-20(19)23-5-2)14-22-15-18-7-6-10-21(18)13-16(22)3/h1,8-9,12,16,18H,5-7,10-11,13-15H2,2-3H3/t16-,18-/m0/s1. The van der Waals surface area contributed by atoms with Gasteiger partial charge in [-0.05, 0) is 50.9 Å². The van der Waals surface area contributed by atoms with Crippen LogP contribution in [-0.2, 0) is 6.54 Å². The molecule has 0 amide bonds. The highest BCUT2D eigenvalue weighted by Gasteiger charge is 2.34. The molecule has 130 valence electrons. The first-order valence-corrected chi connectivity index (χ1v) is 9.01. The second-order valence-corrected chi connectivity index (χ2v) is 6.78. The summed E-state index contributed by atoms with van der Waals surface area (Å²) in [5, 5.41) is 0. The Morgan fingerprint density at radius 3 is 2.92 bits per heavy atom. The van der Waals surface area contributed by atoms with Crippen LogP contribution in [0, 0.1) is 12.3 Å². The molecule has 0 saturated carbocycles. The maximum atomic E-state index is 5.74. The van der Waals surface area contributed by atoms with E-state index >= 15 is 0 Å². The van der Waals surface area contributed by atoms with Crippen molar-refractivity contribution >= 4 is 0 Å². The van der Waals surface area contributed by atoms with E-state index in [2.05, 4.69) is 34.8 Å². The quantitative estimate of drug-likeness (QED) is 0.750. The van der Waals surface area contributed by atoms with Crippen molar-refractivity contribution in [2.75, 3.05) is 32.8 Å². The first-order valence-electron chi connectivity index (χ1n) is 9.01. The van der Waals surface area contributed by atoms with E-state index in [0.29, 0.717) is 12.6 Å². The summed E-state index contributed by atoms with van der Waals surface area (Å²) in [6, 6.07) is 7.54. The molecule has 2 atom stereocenters.